The smallest absolute Gasteiger partial charge is 0.335 e. The number of aliphatic hydroxyl groups is 2. The Balaban J connectivity index is 1.26. The first-order valence-electron chi connectivity index (χ1n) is 18.0. The Labute approximate surface area is 356 Å². The third-order valence-electron chi connectivity index (χ3n) is 8.63. The van der Waals surface area contributed by atoms with Gasteiger partial charge in [0.15, 0.2) is 0 Å². The summed E-state index contributed by atoms with van der Waals surface area (Å²) in [6, 6.07) is 19.8. The van der Waals surface area contributed by atoms with Crippen LogP contribution in [0.3, 0.4) is 0 Å². The summed E-state index contributed by atoms with van der Waals surface area (Å²) in [6.45, 7) is -0.494. The molecular formula is C38H34N10O13S2. The lowest BCUT2D eigenvalue weighted by Gasteiger charge is -2.21. The third kappa shape index (κ3) is 11.2. The van der Waals surface area contributed by atoms with Crippen LogP contribution in [0.15, 0.2) is 121 Å². The Morgan fingerprint density at radius 3 is 1.76 bits per heavy atom. The number of rotatable bonds is 18. The van der Waals surface area contributed by atoms with Gasteiger partial charge in [0.2, 0.25) is 17.8 Å². The van der Waals surface area contributed by atoms with Crippen LogP contribution >= 0.6 is 0 Å². The SMILES string of the molecule is COc1cc(/N=N/c2cc(C(=O)O)cc(C(=O)O)c2)ccc1Nc1nc(Nc2ccc(/N=N/c3cc(S(=O)(=O)O)c4cccc(S(=O)(=O)O)c4c3)cc2)nc(N(CCO)CCO)n1. The zero-order valence-corrected chi connectivity index (χ0v) is 34.1. The van der Waals surface area contributed by atoms with Gasteiger partial charge in [0.05, 0.1) is 59.9 Å². The number of carbonyl (C=O) groups is 2. The number of aromatic nitrogens is 3. The van der Waals surface area contributed by atoms with Crippen molar-refractivity contribution in [2.45, 2.75) is 9.79 Å². The number of benzene rings is 5. The number of methoxy groups -OCH3 is 1. The van der Waals surface area contributed by atoms with Crippen LogP contribution < -0.4 is 20.3 Å². The minimum atomic E-state index is -4.87. The van der Waals surface area contributed by atoms with Gasteiger partial charge in [-0.3, -0.25) is 9.11 Å². The van der Waals surface area contributed by atoms with Gasteiger partial charge in [0, 0.05) is 35.6 Å². The fourth-order valence-electron chi connectivity index (χ4n) is 5.83. The van der Waals surface area contributed by atoms with Gasteiger partial charge in [0.25, 0.3) is 20.2 Å². The molecule has 8 N–H and O–H groups in total. The van der Waals surface area contributed by atoms with E-state index in [1.54, 1.807) is 18.2 Å². The highest BCUT2D eigenvalue weighted by Gasteiger charge is 2.22. The van der Waals surface area contributed by atoms with Crippen LogP contribution in [-0.4, -0.2) is 107 Å². The van der Waals surface area contributed by atoms with Crippen molar-refractivity contribution in [2.24, 2.45) is 20.5 Å². The van der Waals surface area contributed by atoms with Gasteiger partial charge in [0.1, 0.15) is 15.5 Å². The second kappa shape index (κ2) is 19.0. The summed E-state index contributed by atoms with van der Waals surface area (Å²) in [6.07, 6.45) is 0. The summed E-state index contributed by atoms with van der Waals surface area (Å²) in [5.74, 6) is -2.39. The molecule has 0 spiro atoms. The van der Waals surface area contributed by atoms with Crippen LogP contribution in [0.2, 0.25) is 0 Å². The van der Waals surface area contributed by atoms with Crippen LogP contribution in [-0.2, 0) is 20.2 Å². The lowest BCUT2D eigenvalue weighted by Crippen LogP contribution is -2.31. The number of carboxylic acids is 2. The Morgan fingerprint density at radius 1 is 0.635 bits per heavy atom. The van der Waals surface area contributed by atoms with Crippen LogP contribution in [0.25, 0.3) is 10.8 Å². The molecule has 0 unspecified atom stereocenters. The fourth-order valence-corrected chi connectivity index (χ4v) is 7.25. The van der Waals surface area contributed by atoms with E-state index in [-0.39, 0.29) is 94.5 Å². The first-order chi connectivity index (χ1) is 29.9. The van der Waals surface area contributed by atoms with Crippen LogP contribution in [0.1, 0.15) is 20.7 Å². The summed E-state index contributed by atoms with van der Waals surface area (Å²) in [5, 5.41) is 60.0. The van der Waals surface area contributed by atoms with Crippen molar-refractivity contribution in [3.05, 3.63) is 102 Å². The maximum Gasteiger partial charge on any atom is 0.335 e. The minimum Gasteiger partial charge on any atom is -0.494 e. The van der Waals surface area contributed by atoms with Gasteiger partial charge in [-0.2, -0.15) is 52.2 Å². The average Bonchev–Trinajstić information content (AvgIpc) is 3.24. The molecular weight excluding hydrogens is 869 g/mol. The second-order valence-electron chi connectivity index (χ2n) is 12.9. The molecule has 63 heavy (non-hydrogen) atoms. The molecule has 0 radical (unpaired) electrons. The maximum atomic E-state index is 12.2. The van der Waals surface area contributed by atoms with E-state index in [0.717, 1.165) is 18.2 Å². The van der Waals surface area contributed by atoms with E-state index in [4.69, 9.17) is 4.74 Å². The Hall–Kier alpha value is -7.55. The summed E-state index contributed by atoms with van der Waals surface area (Å²) in [5.41, 5.74) is 0.528. The Bertz CT molecular complexity index is 2970. The van der Waals surface area contributed by atoms with Gasteiger partial charge in [-0.25, -0.2) is 9.59 Å². The topological polar surface area (TPSA) is 348 Å². The zero-order valence-electron chi connectivity index (χ0n) is 32.4. The molecule has 0 aliphatic rings. The second-order valence-corrected chi connectivity index (χ2v) is 15.7. The van der Waals surface area contributed by atoms with Crippen molar-refractivity contribution in [3.63, 3.8) is 0 Å². The number of hydrogen-bond acceptors (Lipinski definition) is 19. The number of ether oxygens (including phenoxy) is 1. The molecule has 23 nitrogen and oxygen atoms in total. The van der Waals surface area contributed by atoms with Crippen molar-refractivity contribution >= 4 is 94.9 Å². The van der Waals surface area contributed by atoms with E-state index in [9.17, 15) is 56.0 Å². The molecule has 0 saturated heterocycles. The predicted molar refractivity (Wildman–Crippen MR) is 225 cm³/mol. The predicted octanol–water partition coefficient (Wildman–Crippen LogP) is 6.03. The first kappa shape index (κ1) is 45.0. The monoisotopic (exact) mass is 902 g/mol. The molecule has 0 amide bonds. The number of hydrogen-bond donors (Lipinski definition) is 8. The molecule has 326 valence electrons. The van der Waals surface area contributed by atoms with Crippen LogP contribution in [0.5, 0.6) is 5.75 Å². The summed E-state index contributed by atoms with van der Waals surface area (Å²) in [4.78, 5) is 36.6. The standard InChI is InChI=1S/C38H34N10O13S2/c1-61-31-19-25(45-46-26-16-21(34(51)52)15-22(17-26)35(53)54)9-10-30(31)40-37-41-36(42-38(43-37)48(11-13-49)12-14-50)39-23-5-7-24(8-6-23)44-47-27-18-29-28(33(20-27)63(58,59)60)3-2-4-32(29)62(55,56)57/h2-10,15-20,49-50H,11-14H2,1H3,(H,51,52)(H,53,54)(H,55,56,57)(H,58,59,60)(H2,39,40,41,42,43)/b46-45+,47-44+. The zero-order chi connectivity index (χ0) is 45.5. The molecule has 0 saturated carbocycles. The quantitative estimate of drug-likeness (QED) is 0.0360. The molecule has 0 aliphatic carbocycles. The molecule has 6 rings (SSSR count). The van der Waals surface area contributed by atoms with E-state index in [2.05, 4.69) is 46.0 Å². The van der Waals surface area contributed by atoms with Crippen molar-refractivity contribution in [1.82, 2.24) is 15.0 Å². The first-order valence-corrected chi connectivity index (χ1v) is 20.9. The minimum absolute atomic E-state index is 0.00927. The lowest BCUT2D eigenvalue weighted by atomic mass is 10.1. The number of aliphatic hydroxyl groups excluding tert-OH is 2. The van der Waals surface area contributed by atoms with Gasteiger partial charge >= 0.3 is 11.9 Å². The maximum absolute atomic E-state index is 12.2. The van der Waals surface area contributed by atoms with E-state index in [1.807, 2.05) is 0 Å². The van der Waals surface area contributed by atoms with E-state index >= 15 is 0 Å². The number of nitrogens with one attached hydrogen (secondary N) is 2. The fraction of sp³-hybridized carbons (Fsp3) is 0.132. The Morgan fingerprint density at radius 2 is 1.19 bits per heavy atom. The molecule has 0 bridgehead atoms. The van der Waals surface area contributed by atoms with Crippen molar-refractivity contribution in [3.8, 4) is 5.75 Å². The number of azo groups is 2. The number of carboxylic acid groups (broad SMARTS) is 2. The van der Waals surface area contributed by atoms with Crippen molar-refractivity contribution < 1.29 is 60.7 Å². The average molecular weight is 903 g/mol. The molecule has 0 fully saturated rings. The largest absolute Gasteiger partial charge is 0.494 e. The number of fused-ring (bicyclic) bond motifs is 1. The summed E-state index contributed by atoms with van der Waals surface area (Å²) >= 11 is 0. The summed E-state index contributed by atoms with van der Waals surface area (Å²) in [7, 11) is -8.28. The normalized spacial score (nSPS) is 11.9. The van der Waals surface area contributed by atoms with E-state index in [0.29, 0.717) is 11.4 Å². The van der Waals surface area contributed by atoms with Gasteiger partial charge in [-0.1, -0.05) is 12.1 Å². The molecule has 1 heterocycles. The summed E-state index contributed by atoms with van der Waals surface area (Å²) < 4.78 is 73.5. The van der Waals surface area contributed by atoms with Crippen LogP contribution in [0, 0.1) is 0 Å². The molecule has 6 aromatic rings. The van der Waals surface area contributed by atoms with Gasteiger partial charge < -0.3 is 40.7 Å². The molecule has 1 aromatic heterocycles. The third-order valence-corrected chi connectivity index (χ3v) is 10.4. The highest BCUT2D eigenvalue weighted by Crippen LogP contribution is 2.35. The van der Waals surface area contributed by atoms with E-state index < -0.39 is 42.0 Å². The Kier molecular flexibility index (Phi) is 13.6. The lowest BCUT2D eigenvalue weighted by molar-refractivity contribution is 0.0696. The van der Waals surface area contributed by atoms with Gasteiger partial charge in [-0.15, -0.1) is 0 Å². The molecule has 5 aromatic carbocycles. The molecule has 25 heteroatoms. The number of nitrogens with zero attached hydrogens (tertiary/aromatic N) is 8. The highest BCUT2D eigenvalue weighted by molar-refractivity contribution is 7.86. The van der Waals surface area contributed by atoms with E-state index in [1.165, 1.54) is 66.6 Å². The number of aromatic carboxylic acids is 2. The number of anilines is 5. The van der Waals surface area contributed by atoms with Crippen LogP contribution in [0.4, 0.5) is 52.0 Å². The molecule has 0 aliphatic heterocycles. The highest BCUT2D eigenvalue weighted by atomic mass is 32.2. The van der Waals surface area contributed by atoms with Gasteiger partial charge in [-0.05, 0) is 72.8 Å². The van der Waals surface area contributed by atoms with Crippen molar-refractivity contribution in [1.29, 1.82) is 0 Å². The molecule has 0 atom stereocenters. The van der Waals surface area contributed by atoms with Crippen molar-refractivity contribution in [2.75, 3.05) is 48.9 Å².